The van der Waals surface area contributed by atoms with Crippen molar-refractivity contribution in [3.8, 4) is 0 Å². The summed E-state index contributed by atoms with van der Waals surface area (Å²) in [6.07, 6.45) is 5.05. The van der Waals surface area contributed by atoms with Gasteiger partial charge in [0.2, 0.25) is 5.91 Å². The SMILES string of the molecule is CCCCC12C(I)=CC(=O)N1[C@H](C(=O)OC)Cc1ccccc12. The summed E-state index contributed by atoms with van der Waals surface area (Å²) in [5.74, 6) is -0.427. The predicted octanol–water partition coefficient (Wildman–Crippen LogP) is 3.33. The molecule has 0 N–H and O–H groups in total. The Bertz CT molecular complexity index is 685. The van der Waals surface area contributed by atoms with Gasteiger partial charge in [0.15, 0.2) is 0 Å². The van der Waals surface area contributed by atoms with Crippen LogP contribution in [0, 0.1) is 0 Å². The van der Waals surface area contributed by atoms with Crippen molar-refractivity contribution in [1.29, 1.82) is 0 Å². The number of carbonyl (C=O) groups excluding carboxylic acids is 2. The molecule has 5 heteroatoms. The zero-order chi connectivity index (χ0) is 16.6. The molecule has 2 aliphatic heterocycles. The lowest BCUT2D eigenvalue weighted by Crippen LogP contribution is -2.58. The number of unbranched alkanes of at least 4 members (excludes halogenated alkanes) is 1. The Morgan fingerprint density at radius 1 is 1.43 bits per heavy atom. The zero-order valence-corrected chi connectivity index (χ0v) is 15.5. The van der Waals surface area contributed by atoms with Gasteiger partial charge < -0.3 is 9.64 Å². The van der Waals surface area contributed by atoms with Crippen LogP contribution >= 0.6 is 22.6 Å². The van der Waals surface area contributed by atoms with Gasteiger partial charge in [0.25, 0.3) is 0 Å². The summed E-state index contributed by atoms with van der Waals surface area (Å²) in [4.78, 5) is 26.8. The van der Waals surface area contributed by atoms with Crippen LogP contribution in [-0.2, 0) is 26.3 Å². The Hall–Kier alpha value is -1.37. The zero-order valence-electron chi connectivity index (χ0n) is 13.3. The fraction of sp³-hybridized carbons (Fsp3) is 0.444. The van der Waals surface area contributed by atoms with Crippen LogP contribution in [0.2, 0.25) is 0 Å². The number of esters is 1. The van der Waals surface area contributed by atoms with E-state index in [1.807, 2.05) is 12.1 Å². The van der Waals surface area contributed by atoms with Crippen LogP contribution in [0.3, 0.4) is 0 Å². The van der Waals surface area contributed by atoms with Crippen LogP contribution in [0.4, 0.5) is 0 Å². The summed E-state index contributed by atoms with van der Waals surface area (Å²) in [5, 5.41) is 0. The maximum atomic E-state index is 12.7. The minimum atomic E-state index is -0.553. The number of nitrogens with zero attached hydrogens (tertiary/aromatic N) is 1. The van der Waals surface area contributed by atoms with E-state index in [9.17, 15) is 9.59 Å². The highest BCUT2D eigenvalue weighted by atomic mass is 127. The molecular formula is C18H20INO3. The standard InChI is InChI=1S/C18H20INO3/c1-3-4-9-18-13-8-6-5-7-12(13)10-14(17(22)23-2)20(18)16(21)11-15(18)19/h5-8,11,14H,3-4,9-10H2,1-2H3/t14-,18?/m0/s1. The van der Waals surface area contributed by atoms with Crippen molar-refractivity contribution in [2.75, 3.05) is 7.11 Å². The lowest BCUT2D eigenvalue weighted by molar-refractivity contribution is -0.155. The van der Waals surface area contributed by atoms with Crippen molar-refractivity contribution in [2.24, 2.45) is 0 Å². The molecule has 1 aromatic carbocycles. The summed E-state index contributed by atoms with van der Waals surface area (Å²) in [6.45, 7) is 2.14. The summed E-state index contributed by atoms with van der Waals surface area (Å²) in [5.41, 5.74) is 1.77. The number of benzene rings is 1. The van der Waals surface area contributed by atoms with Gasteiger partial charge in [0.1, 0.15) is 11.6 Å². The molecule has 0 aromatic heterocycles. The van der Waals surface area contributed by atoms with Gasteiger partial charge in [-0.2, -0.15) is 0 Å². The van der Waals surface area contributed by atoms with Crippen LogP contribution in [0.15, 0.2) is 33.9 Å². The largest absolute Gasteiger partial charge is 0.467 e. The molecule has 0 fully saturated rings. The third-order valence-corrected chi connectivity index (χ3v) is 6.05. The Labute approximate surface area is 150 Å². The Kier molecular flexibility index (Phi) is 4.49. The maximum absolute atomic E-state index is 12.7. The normalized spacial score (nSPS) is 25.7. The van der Waals surface area contributed by atoms with Gasteiger partial charge in [-0.25, -0.2) is 4.79 Å². The molecule has 4 nitrogen and oxygen atoms in total. The third kappa shape index (κ3) is 2.40. The van der Waals surface area contributed by atoms with E-state index in [4.69, 9.17) is 4.74 Å². The van der Waals surface area contributed by atoms with Gasteiger partial charge in [-0.05, 0) is 40.1 Å². The molecule has 0 saturated heterocycles. The van der Waals surface area contributed by atoms with E-state index in [1.165, 1.54) is 7.11 Å². The minimum absolute atomic E-state index is 0.0876. The van der Waals surface area contributed by atoms with E-state index in [0.29, 0.717) is 6.42 Å². The molecule has 0 saturated carbocycles. The molecule has 1 amide bonds. The van der Waals surface area contributed by atoms with E-state index in [-0.39, 0.29) is 11.9 Å². The third-order valence-electron chi connectivity index (χ3n) is 4.85. The van der Waals surface area contributed by atoms with Gasteiger partial charge in [-0.3, -0.25) is 4.79 Å². The van der Waals surface area contributed by atoms with Crippen LogP contribution in [0.25, 0.3) is 0 Å². The van der Waals surface area contributed by atoms with Crippen LogP contribution < -0.4 is 0 Å². The first kappa shape index (κ1) is 16.5. The number of amides is 1. The van der Waals surface area contributed by atoms with E-state index < -0.39 is 11.6 Å². The highest BCUT2D eigenvalue weighted by Gasteiger charge is 2.55. The Morgan fingerprint density at radius 2 is 2.17 bits per heavy atom. The average molecular weight is 425 g/mol. The molecule has 1 unspecified atom stereocenters. The number of rotatable bonds is 4. The van der Waals surface area contributed by atoms with Gasteiger partial charge in [0.05, 0.1) is 7.11 Å². The van der Waals surface area contributed by atoms with Crippen LogP contribution in [-0.4, -0.2) is 29.9 Å². The lowest BCUT2D eigenvalue weighted by Gasteiger charge is -2.48. The second-order valence-electron chi connectivity index (χ2n) is 6.06. The molecule has 23 heavy (non-hydrogen) atoms. The molecule has 122 valence electrons. The van der Waals surface area contributed by atoms with Crippen molar-refractivity contribution in [3.63, 3.8) is 0 Å². The topological polar surface area (TPSA) is 46.6 Å². The summed E-state index contributed by atoms with van der Waals surface area (Å²) in [6, 6.07) is 7.60. The number of ether oxygens (including phenoxy) is 1. The van der Waals surface area contributed by atoms with Crippen LogP contribution in [0.1, 0.15) is 37.3 Å². The van der Waals surface area contributed by atoms with Crippen molar-refractivity contribution < 1.29 is 14.3 Å². The summed E-state index contributed by atoms with van der Waals surface area (Å²) < 4.78 is 5.98. The number of methoxy groups -OCH3 is 1. The number of carbonyl (C=O) groups is 2. The average Bonchev–Trinajstić information content (AvgIpc) is 2.83. The lowest BCUT2D eigenvalue weighted by atomic mass is 9.76. The highest BCUT2D eigenvalue weighted by molar-refractivity contribution is 14.1. The first-order valence-electron chi connectivity index (χ1n) is 7.93. The quantitative estimate of drug-likeness (QED) is 0.550. The smallest absolute Gasteiger partial charge is 0.328 e. The predicted molar refractivity (Wildman–Crippen MR) is 96.1 cm³/mol. The van der Waals surface area contributed by atoms with E-state index >= 15 is 0 Å². The minimum Gasteiger partial charge on any atom is -0.467 e. The molecule has 0 radical (unpaired) electrons. The number of hydrogen-bond donors (Lipinski definition) is 0. The van der Waals surface area contributed by atoms with Gasteiger partial charge in [0, 0.05) is 16.1 Å². The molecule has 0 aliphatic carbocycles. The van der Waals surface area contributed by atoms with Crippen LogP contribution in [0.5, 0.6) is 0 Å². The molecule has 2 heterocycles. The molecular weight excluding hydrogens is 405 g/mol. The summed E-state index contributed by atoms with van der Waals surface area (Å²) in [7, 11) is 1.38. The van der Waals surface area contributed by atoms with E-state index in [1.54, 1.807) is 11.0 Å². The van der Waals surface area contributed by atoms with Crippen molar-refractivity contribution in [3.05, 3.63) is 45.0 Å². The molecule has 0 spiro atoms. The summed E-state index contributed by atoms with van der Waals surface area (Å²) >= 11 is 2.26. The Morgan fingerprint density at radius 3 is 2.87 bits per heavy atom. The van der Waals surface area contributed by atoms with E-state index in [0.717, 1.165) is 34.0 Å². The first-order chi connectivity index (χ1) is 11.1. The maximum Gasteiger partial charge on any atom is 0.328 e. The van der Waals surface area contributed by atoms with E-state index in [2.05, 4.69) is 41.6 Å². The molecule has 2 atom stereocenters. The van der Waals surface area contributed by atoms with Gasteiger partial charge >= 0.3 is 5.97 Å². The second-order valence-corrected chi connectivity index (χ2v) is 7.23. The van der Waals surface area contributed by atoms with Gasteiger partial charge in [-0.15, -0.1) is 0 Å². The molecule has 3 rings (SSSR count). The van der Waals surface area contributed by atoms with Crippen molar-refractivity contribution in [2.45, 2.75) is 44.2 Å². The second kappa shape index (κ2) is 6.26. The van der Waals surface area contributed by atoms with Gasteiger partial charge in [-0.1, -0.05) is 44.0 Å². The monoisotopic (exact) mass is 425 g/mol. The van der Waals surface area contributed by atoms with Crippen molar-refractivity contribution in [1.82, 2.24) is 4.90 Å². The number of halogens is 1. The molecule has 2 aliphatic rings. The fourth-order valence-corrected chi connectivity index (χ4v) is 4.90. The highest BCUT2D eigenvalue weighted by Crippen LogP contribution is 2.52. The first-order valence-corrected chi connectivity index (χ1v) is 9.01. The fourth-order valence-electron chi connectivity index (χ4n) is 3.81. The molecule has 0 bridgehead atoms. The Balaban J connectivity index is 2.20. The molecule has 1 aromatic rings. The number of fused-ring (bicyclic) bond motifs is 3. The number of hydrogen-bond acceptors (Lipinski definition) is 3. The van der Waals surface area contributed by atoms with Crippen molar-refractivity contribution >= 4 is 34.5 Å².